The van der Waals surface area contributed by atoms with E-state index in [1.807, 2.05) is 48.5 Å². The zero-order chi connectivity index (χ0) is 19.1. The summed E-state index contributed by atoms with van der Waals surface area (Å²) in [6.45, 7) is 15.5. The second-order valence-electron chi connectivity index (χ2n) is 8.35. The molecule has 0 heterocycles. The van der Waals surface area contributed by atoms with Gasteiger partial charge in [-0.05, 0) is 40.9 Å². The van der Waals surface area contributed by atoms with Crippen LogP contribution in [0.5, 0.6) is 0 Å². The lowest BCUT2D eigenvalue weighted by Crippen LogP contribution is -2.30. The summed E-state index contributed by atoms with van der Waals surface area (Å²) in [5, 5.41) is 0.121. The van der Waals surface area contributed by atoms with Crippen molar-refractivity contribution in [2.45, 2.75) is 68.2 Å². The Balaban J connectivity index is 3.98. The Morgan fingerprint density at radius 3 is 1.83 bits per heavy atom. The molecule has 0 bridgehead atoms. The Bertz CT molecular complexity index is 673. The lowest BCUT2D eigenvalue weighted by Gasteiger charge is -2.35. The lowest BCUT2D eigenvalue weighted by atomic mass is 9.68. The Morgan fingerprint density at radius 2 is 1.54 bits per heavy atom. The van der Waals surface area contributed by atoms with E-state index >= 15 is 0 Å². The maximum absolute atomic E-state index is 13.2. The molecule has 2 N–H and O–H groups in total. The van der Waals surface area contributed by atoms with Gasteiger partial charge in [-0.1, -0.05) is 55.4 Å². The maximum Gasteiger partial charge on any atom is 0.352 e. The molecule has 0 aromatic rings. The van der Waals surface area contributed by atoms with Crippen molar-refractivity contribution in [3.63, 3.8) is 0 Å². The molecular formula is C19H31O4P. The first-order chi connectivity index (χ1) is 10.7. The van der Waals surface area contributed by atoms with Crippen LogP contribution in [0.25, 0.3) is 0 Å². The predicted molar refractivity (Wildman–Crippen MR) is 98.7 cm³/mol. The first-order valence-corrected chi connectivity index (χ1v) is 10.1. The number of Topliss-reactive ketones (excluding diaryl/α,β-unsaturated/α-hetero) is 1. The summed E-state index contributed by atoms with van der Waals surface area (Å²) < 4.78 is 12.0. The van der Waals surface area contributed by atoms with Crippen LogP contribution in [0.1, 0.15) is 68.2 Å². The van der Waals surface area contributed by atoms with Crippen LogP contribution in [0.2, 0.25) is 0 Å². The summed E-state index contributed by atoms with van der Waals surface area (Å²) >= 11 is 0. The normalized spacial score (nSPS) is 19.6. The minimum atomic E-state index is -4.38. The van der Waals surface area contributed by atoms with Gasteiger partial charge in [-0.25, -0.2) is 0 Å². The highest BCUT2D eigenvalue weighted by molar-refractivity contribution is 7.56. The molecule has 0 radical (unpaired) electrons. The standard InChI is InChI=1S/C19H31O4P/c1-9-12-13(15(10-2)24(21,22)23)11-14(18(3,4)5)17(20)16(12)19(6,7)8/h11H,9-10H2,1-8H3,(H2,21,22,23). The van der Waals surface area contributed by atoms with E-state index in [2.05, 4.69) is 0 Å². The van der Waals surface area contributed by atoms with Crippen LogP contribution in [-0.2, 0) is 9.36 Å². The molecule has 0 atom stereocenters. The van der Waals surface area contributed by atoms with Crippen LogP contribution in [0.3, 0.4) is 0 Å². The second kappa shape index (κ2) is 6.74. The average molecular weight is 354 g/mol. The van der Waals surface area contributed by atoms with Crippen LogP contribution >= 0.6 is 7.60 Å². The lowest BCUT2D eigenvalue weighted by molar-refractivity contribution is -0.114. The fourth-order valence-corrected chi connectivity index (χ4v) is 4.16. The van der Waals surface area contributed by atoms with Crippen molar-refractivity contribution in [2.75, 3.05) is 0 Å². The fourth-order valence-electron chi connectivity index (χ4n) is 3.23. The highest BCUT2D eigenvalue weighted by atomic mass is 31.2. The van der Waals surface area contributed by atoms with E-state index in [0.29, 0.717) is 23.1 Å². The predicted octanol–water partition coefficient (Wildman–Crippen LogP) is 5.14. The maximum atomic E-state index is 13.2. The van der Waals surface area contributed by atoms with Gasteiger partial charge in [0.15, 0.2) is 5.78 Å². The Hall–Kier alpha value is -0.960. The van der Waals surface area contributed by atoms with Gasteiger partial charge in [0.1, 0.15) is 0 Å². The third kappa shape index (κ3) is 4.17. The molecule has 0 unspecified atom stereocenters. The molecule has 0 aliphatic heterocycles. The Morgan fingerprint density at radius 1 is 1.04 bits per heavy atom. The van der Waals surface area contributed by atoms with Crippen molar-refractivity contribution in [3.8, 4) is 0 Å². The van der Waals surface area contributed by atoms with Crippen LogP contribution in [-0.4, -0.2) is 15.6 Å². The van der Waals surface area contributed by atoms with E-state index < -0.39 is 18.4 Å². The van der Waals surface area contributed by atoms with Crippen molar-refractivity contribution in [3.05, 3.63) is 33.7 Å². The number of ketones is 1. The van der Waals surface area contributed by atoms with Crippen LogP contribution in [0.15, 0.2) is 33.7 Å². The number of carbonyl (C=O) groups excluding carboxylic acids is 1. The largest absolute Gasteiger partial charge is 0.352 e. The van der Waals surface area contributed by atoms with Crippen LogP contribution < -0.4 is 0 Å². The number of allylic oxidation sites excluding steroid dienone is 6. The van der Waals surface area contributed by atoms with E-state index in [1.54, 1.807) is 13.0 Å². The number of rotatable bonds is 3. The second-order valence-corrected chi connectivity index (χ2v) is 9.98. The molecule has 0 aromatic heterocycles. The molecule has 1 aliphatic rings. The van der Waals surface area contributed by atoms with E-state index in [9.17, 15) is 19.1 Å². The van der Waals surface area contributed by atoms with E-state index in [1.165, 1.54) is 0 Å². The van der Waals surface area contributed by atoms with Crippen LogP contribution in [0, 0.1) is 10.8 Å². The summed E-state index contributed by atoms with van der Waals surface area (Å²) in [7, 11) is -4.38. The Labute approximate surface area is 145 Å². The fraction of sp³-hybridized carbons (Fsp3) is 0.632. The number of hydrogen-bond donors (Lipinski definition) is 2. The summed E-state index contributed by atoms with van der Waals surface area (Å²) in [6.07, 6.45) is 2.53. The highest BCUT2D eigenvalue weighted by Crippen LogP contribution is 2.53. The first kappa shape index (κ1) is 21.1. The smallest absolute Gasteiger partial charge is 0.321 e. The molecule has 24 heavy (non-hydrogen) atoms. The van der Waals surface area contributed by atoms with Gasteiger partial charge >= 0.3 is 7.60 Å². The van der Waals surface area contributed by atoms with Gasteiger partial charge in [-0.3, -0.25) is 9.36 Å². The van der Waals surface area contributed by atoms with Crippen LogP contribution in [0.4, 0.5) is 0 Å². The zero-order valence-corrected chi connectivity index (χ0v) is 17.0. The minimum absolute atomic E-state index is 0.00300. The minimum Gasteiger partial charge on any atom is -0.321 e. The van der Waals surface area contributed by atoms with Gasteiger partial charge in [0.25, 0.3) is 0 Å². The summed E-state index contributed by atoms with van der Waals surface area (Å²) in [5.41, 5.74) is 1.81. The molecular weight excluding hydrogens is 323 g/mol. The first-order valence-electron chi connectivity index (χ1n) is 8.46. The SMILES string of the molecule is CCC1=C(C(C)(C)C)C(=O)C(C(C)(C)C)=CC1=C(CC)P(=O)(O)O. The number of carbonyl (C=O) groups is 1. The quantitative estimate of drug-likeness (QED) is 0.689. The van der Waals surface area contributed by atoms with E-state index in [4.69, 9.17) is 0 Å². The molecule has 4 nitrogen and oxygen atoms in total. The summed E-state index contributed by atoms with van der Waals surface area (Å²) in [5.74, 6) is -0.00300. The third-order valence-corrected chi connectivity index (χ3v) is 5.56. The molecule has 5 heteroatoms. The average Bonchev–Trinajstić information content (AvgIpc) is 2.35. The molecule has 0 amide bonds. The van der Waals surface area contributed by atoms with Crippen molar-refractivity contribution in [1.29, 1.82) is 0 Å². The van der Waals surface area contributed by atoms with Gasteiger partial charge in [0.05, 0.1) is 0 Å². The Kier molecular flexibility index (Phi) is 5.92. The molecule has 0 spiro atoms. The van der Waals surface area contributed by atoms with E-state index in [-0.39, 0.29) is 17.5 Å². The van der Waals surface area contributed by atoms with Gasteiger partial charge in [0, 0.05) is 16.5 Å². The molecule has 0 aromatic carbocycles. The number of hydrogen-bond acceptors (Lipinski definition) is 2. The van der Waals surface area contributed by atoms with E-state index in [0.717, 1.165) is 5.57 Å². The summed E-state index contributed by atoms with van der Waals surface area (Å²) in [6, 6.07) is 0. The molecule has 0 saturated heterocycles. The monoisotopic (exact) mass is 354 g/mol. The van der Waals surface area contributed by atoms with Gasteiger partial charge in [-0.15, -0.1) is 0 Å². The molecule has 0 fully saturated rings. The zero-order valence-electron chi connectivity index (χ0n) is 16.1. The molecule has 136 valence electrons. The van der Waals surface area contributed by atoms with Crippen molar-refractivity contribution in [2.24, 2.45) is 10.8 Å². The molecule has 1 aliphatic carbocycles. The van der Waals surface area contributed by atoms with Gasteiger partial charge in [-0.2, -0.15) is 0 Å². The molecule has 0 saturated carbocycles. The summed E-state index contributed by atoms with van der Waals surface area (Å²) in [4.78, 5) is 32.8. The third-order valence-electron chi connectivity index (χ3n) is 4.30. The van der Waals surface area contributed by atoms with Gasteiger partial charge in [0.2, 0.25) is 0 Å². The van der Waals surface area contributed by atoms with Gasteiger partial charge < -0.3 is 9.79 Å². The van der Waals surface area contributed by atoms with Crippen molar-refractivity contribution < 1.29 is 19.1 Å². The highest BCUT2D eigenvalue weighted by Gasteiger charge is 2.39. The van der Waals surface area contributed by atoms with Crippen molar-refractivity contribution in [1.82, 2.24) is 0 Å². The topological polar surface area (TPSA) is 74.6 Å². The van der Waals surface area contributed by atoms with Crippen molar-refractivity contribution >= 4 is 13.4 Å². The molecule has 1 rings (SSSR count).